The van der Waals surface area contributed by atoms with Gasteiger partial charge in [0.05, 0.1) is 0 Å². The highest BCUT2D eigenvalue weighted by molar-refractivity contribution is 5.05. The van der Waals surface area contributed by atoms with E-state index in [1.165, 1.54) is 6.42 Å². The molecule has 0 amide bonds. The molecule has 0 aromatic heterocycles. The second kappa shape index (κ2) is 15.7. The zero-order valence-electron chi connectivity index (χ0n) is 6.43. The zero-order chi connectivity index (χ0) is 7.54. The molecule has 0 nitrogen and oxygen atoms in total. The Balaban J connectivity index is 0. The molecule has 0 saturated heterocycles. The van der Waals surface area contributed by atoms with Crippen molar-refractivity contribution in [2.75, 3.05) is 0 Å². The third-order valence-electron chi connectivity index (χ3n) is 0.383. The van der Waals surface area contributed by atoms with E-state index in [0.717, 1.165) is 0 Å². The summed E-state index contributed by atoms with van der Waals surface area (Å²) in [7, 11) is 0. The van der Waals surface area contributed by atoms with E-state index < -0.39 is 0 Å². The van der Waals surface area contributed by atoms with E-state index in [1.807, 2.05) is 12.2 Å². The molecular weight excluding hydrogens is 108 g/mol. The predicted molar refractivity (Wildman–Crippen MR) is 45.5 cm³/mol. The van der Waals surface area contributed by atoms with Crippen molar-refractivity contribution < 1.29 is 0 Å². The highest BCUT2D eigenvalue weighted by Gasteiger charge is 1.47. The molecule has 0 radical (unpaired) electrons. The first-order valence-electron chi connectivity index (χ1n) is 3.23. The molecule has 0 rings (SSSR count). The van der Waals surface area contributed by atoms with Crippen LogP contribution in [0.2, 0.25) is 0 Å². The summed E-state index contributed by atoms with van der Waals surface area (Å²) in [6.07, 6.45) is 8.32. The molecule has 0 spiro atoms. The molecule has 0 aliphatic carbocycles. The molecule has 0 aromatic rings. The largest absolute Gasteiger partial charge is 0.0991 e. The van der Waals surface area contributed by atoms with Crippen molar-refractivity contribution >= 4 is 0 Å². The van der Waals surface area contributed by atoms with Crippen LogP contribution in [0.5, 0.6) is 0 Å². The Morgan fingerprint density at radius 3 is 1.33 bits per heavy atom. The van der Waals surface area contributed by atoms with Gasteiger partial charge in [0, 0.05) is 0 Å². The van der Waals surface area contributed by atoms with Crippen LogP contribution in [0, 0.1) is 0 Å². The van der Waals surface area contributed by atoms with Crippen molar-refractivity contribution in [1.29, 1.82) is 0 Å². The number of hydrogen-bond donors (Lipinski definition) is 0. The van der Waals surface area contributed by atoms with Crippen LogP contribution in [-0.2, 0) is 0 Å². The Morgan fingerprint density at radius 1 is 1.00 bits per heavy atom. The molecule has 0 fully saturated rings. The van der Waals surface area contributed by atoms with Gasteiger partial charge in [0.1, 0.15) is 0 Å². The molecule has 0 N–H and O–H groups in total. The topological polar surface area (TPSA) is 0 Å². The summed E-state index contributed by atoms with van der Waals surface area (Å²) in [6, 6.07) is 0. The highest BCUT2D eigenvalue weighted by atomic mass is 13.5. The lowest BCUT2D eigenvalue weighted by atomic mass is 10.5. The van der Waals surface area contributed by atoms with Gasteiger partial charge in [-0.25, -0.2) is 0 Å². The fraction of sp³-hybridized carbons (Fsp3) is 0.333. The van der Waals surface area contributed by atoms with E-state index in [-0.39, 0.29) is 0 Å². The quantitative estimate of drug-likeness (QED) is 0.495. The maximum Gasteiger partial charge on any atom is -0.0590 e. The molecule has 0 aliphatic rings. The third kappa shape index (κ3) is 39.9. The lowest BCUT2D eigenvalue weighted by Gasteiger charge is -1.60. The van der Waals surface area contributed by atoms with Crippen molar-refractivity contribution in [3.8, 4) is 0 Å². The first-order valence-corrected chi connectivity index (χ1v) is 3.23. The van der Waals surface area contributed by atoms with Crippen LogP contribution in [0.1, 0.15) is 20.3 Å². The average molecular weight is 124 g/mol. The van der Waals surface area contributed by atoms with Crippen LogP contribution in [0.4, 0.5) is 0 Å². The SMILES string of the molecule is C=C/C=C\C=C.CCC. The summed E-state index contributed by atoms with van der Waals surface area (Å²) in [5.74, 6) is 0. The van der Waals surface area contributed by atoms with Gasteiger partial charge in [0.2, 0.25) is 0 Å². The van der Waals surface area contributed by atoms with Crippen LogP contribution < -0.4 is 0 Å². The molecule has 0 bridgehead atoms. The smallest absolute Gasteiger partial charge is 0.0590 e. The third-order valence-corrected chi connectivity index (χ3v) is 0.383. The van der Waals surface area contributed by atoms with E-state index >= 15 is 0 Å². The Morgan fingerprint density at radius 2 is 1.22 bits per heavy atom. The molecule has 0 unspecified atom stereocenters. The molecule has 52 valence electrons. The number of allylic oxidation sites excluding steroid dienone is 4. The van der Waals surface area contributed by atoms with E-state index in [4.69, 9.17) is 0 Å². The van der Waals surface area contributed by atoms with E-state index in [1.54, 1.807) is 12.2 Å². The Labute approximate surface area is 58.6 Å². The maximum absolute atomic E-state index is 3.46. The molecule has 0 saturated carbocycles. The Bertz CT molecular complexity index is 68.0. The summed E-state index contributed by atoms with van der Waals surface area (Å²) in [4.78, 5) is 0. The van der Waals surface area contributed by atoms with E-state index in [9.17, 15) is 0 Å². The van der Waals surface area contributed by atoms with Crippen molar-refractivity contribution in [2.24, 2.45) is 0 Å². The lowest BCUT2D eigenvalue weighted by molar-refractivity contribution is 1.09. The second-order valence-corrected chi connectivity index (χ2v) is 1.56. The van der Waals surface area contributed by atoms with Gasteiger partial charge in [-0.1, -0.05) is 57.7 Å². The first kappa shape index (κ1) is 11.1. The highest BCUT2D eigenvalue weighted by Crippen LogP contribution is 1.69. The van der Waals surface area contributed by atoms with Gasteiger partial charge in [0.15, 0.2) is 0 Å². The molecule has 0 aliphatic heterocycles. The summed E-state index contributed by atoms with van der Waals surface area (Å²) >= 11 is 0. The molecule has 9 heavy (non-hydrogen) atoms. The minimum atomic E-state index is 1.25. The standard InChI is InChI=1S/C6H8.C3H8/c1-3-5-6-4-2;1-3-2/h3-6H,1-2H2;3H2,1-2H3/b6-5-;. The zero-order valence-corrected chi connectivity index (χ0v) is 6.43. The van der Waals surface area contributed by atoms with Gasteiger partial charge in [-0.3, -0.25) is 0 Å². The minimum absolute atomic E-state index is 1.25. The molecule has 0 heteroatoms. The van der Waals surface area contributed by atoms with Crippen LogP contribution >= 0.6 is 0 Å². The van der Waals surface area contributed by atoms with E-state index in [0.29, 0.717) is 0 Å². The summed E-state index contributed by atoms with van der Waals surface area (Å²) in [6.45, 7) is 11.2. The first-order chi connectivity index (χ1) is 4.33. The lowest BCUT2D eigenvalue weighted by Crippen LogP contribution is -1.38. The van der Waals surface area contributed by atoms with Crippen LogP contribution in [-0.4, -0.2) is 0 Å². The molecule has 0 atom stereocenters. The number of rotatable bonds is 2. The average Bonchev–Trinajstić information content (AvgIpc) is 1.86. The van der Waals surface area contributed by atoms with Crippen LogP contribution in [0.3, 0.4) is 0 Å². The predicted octanol–water partition coefficient (Wildman–Crippen LogP) is 3.33. The molecule has 0 heterocycles. The van der Waals surface area contributed by atoms with Crippen molar-refractivity contribution in [3.63, 3.8) is 0 Å². The van der Waals surface area contributed by atoms with Gasteiger partial charge in [0.25, 0.3) is 0 Å². The van der Waals surface area contributed by atoms with Crippen molar-refractivity contribution in [2.45, 2.75) is 20.3 Å². The van der Waals surface area contributed by atoms with Crippen LogP contribution in [0.25, 0.3) is 0 Å². The maximum atomic E-state index is 3.46. The van der Waals surface area contributed by atoms with Crippen molar-refractivity contribution in [3.05, 3.63) is 37.5 Å². The number of hydrogen-bond acceptors (Lipinski definition) is 0. The minimum Gasteiger partial charge on any atom is -0.0991 e. The molecule has 0 aromatic carbocycles. The Kier molecular flexibility index (Phi) is 19.3. The Hall–Kier alpha value is -0.780. The van der Waals surface area contributed by atoms with E-state index in [2.05, 4.69) is 27.0 Å². The normalized spacial score (nSPS) is 7.78. The fourth-order valence-electron chi connectivity index (χ4n) is 0.157. The fourth-order valence-corrected chi connectivity index (χ4v) is 0.157. The van der Waals surface area contributed by atoms with Crippen molar-refractivity contribution in [1.82, 2.24) is 0 Å². The second-order valence-electron chi connectivity index (χ2n) is 1.56. The summed E-state index contributed by atoms with van der Waals surface area (Å²) in [5.41, 5.74) is 0. The van der Waals surface area contributed by atoms with Crippen LogP contribution in [0.15, 0.2) is 37.5 Å². The van der Waals surface area contributed by atoms with Gasteiger partial charge in [-0.05, 0) is 0 Å². The van der Waals surface area contributed by atoms with Gasteiger partial charge in [-0.2, -0.15) is 0 Å². The summed E-state index contributed by atoms with van der Waals surface area (Å²) < 4.78 is 0. The molecular formula is C9H16. The monoisotopic (exact) mass is 124 g/mol. The van der Waals surface area contributed by atoms with Gasteiger partial charge < -0.3 is 0 Å². The van der Waals surface area contributed by atoms with Gasteiger partial charge >= 0.3 is 0 Å². The summed E-state index contributed by atoms with van der Waals surface area (Å²) in [5, 5.41) is 0. The van der Waals surface area contributed by atoms with Gasteiger partial charge in [-0.15, -0.1) is 0 Å².